The van der Waals surface area contributed by atoms with E-state index in [0.717, 1.165) is 31.2 Å². The number of ketones is 1. The van der Waals surface area contributed by atoms with Crippen molar-refractivity contribution in [2.24, 2.45) is 0 Å². The van der Waals surface area contributed by atoms with Crippen LogP contribution in [0.25, 0.3) is 6.08 Å². The standard InChI is InChI=1S/C14H17NO2/c1-3-4-5-13-8-7-12(10-16)14(15-13)9-6-11(2)17/h6-10H,3-5H2,1-2H3/b9-6+. The van der Waals surface area contributed by atoms with Gasteiger partial charge in [-0.1, -0.05) is 13.3 Å². The van der Waals surface area contributed by atoms with Crippen molar-refractivity contribution in [2.75, 3.05) is 0 Å². The molecule has 0 N–H and O–H groups in total. The zero-order valence-corrected chi connectivity index (χ0v) is 10.3. The fourth-order valence-electron chi connectivity index (χ4n) is 1.45. The number of aromatic nitrogens is 1. The third-order valence-electron chi connectivity index (χ3n) is 2.40. The predicted molar refractivity (Wildman–Crippen MR) is 68.0 cm³/mol. The number of unbranched alkanes of at least 4 members (excludes halogenated alkanes) is 1. The first kappa shape index (κ1) is 13.3. The van der Waals surface area contributed by atoms with Gasteiger partial charge in [-0.05, 0) is 44.1 Å². The summed E-state index contributed by atoms with van der Waals surface area (Å²) >= 11 is 0. The zero-order valence-electron chi connectivity index (χ0n) is 10.3. The lowest BCUT2D eigenvalue weighted by molar-refractivity contribution is -0.112. The molecule has 0 aliphatic heterocycles. The van der Waals surface area contributed by atoms with Crippen molar-refractivity contribution in [3.05, 3.63) is 35.2 Å². The van der Waals surface area contributed by atoms with Crippen LogP contribution in [0.15, 0.2) is 18.2 Å². The molecule has 0 aliphatic rings. The molecule has 0 bridgehead atoms. The van der Waals surface area contributed by atoms with E-state index in [1.165, 1.54) is 13.0 Å². The summed E-state index contributed by atoms with van der Waals surface area (Å²) in [7, 11) is 0. The van der Waals surface area contributed by atoms with E-state index in [-0.39, 0.29) is 5.78 Å². The van der Waals surface area contributed by atoms with E-state index in [0.29, 0.717) is 11.3 Å². The topological polar surface area (TPSA) is 47.0 Å². The van der Waals surface area contributed by atoms with Gasteiger partial charge in [0, 0.05) is 11.3 Å². The zero-order chi connectivity index (χ0) is 12.7. The number of aryl methyl sites for hydroxylation is 1. The molecule has 0 unspecified atom stereocenters. The monoisotopic (exact) mass is 231 g/mol. The number of aldehydes is 1. The fraction of sp³-hybridized carbons (Fsp3) is 0.357. The quantitative estimate of drug-likeness (QED) is 0.558. The summed E-state index contributed by atoms with van der Waals surface area (Å²) in [5, 5.41) is 0. The van der Waals surface area contributed by atoms with Gasteiger partial charge in [-0.15, -0.1) is 0 Å². The van der Waals surface area contributed by atoms with Crippen LogP contribution in [0.3, 0.4) is 0 Å². The Hall–Kier alpha value is -1.77. The van der Waals surface area contributed by atoms with Gasteiger partial charge in [-0.25, -0.2) is 0 Å². The maximum atomic E-state index is 10.9. The van der Waals surface area contributed by atoms with Crippen LogP contribution in [0, 0.1) is 0 Å². The average molecular weight is 231 g/mol. The summed E-state index contributed by atoms with van der Waals surface area (Å²) in [5.74, 6) is -0.0531. The van der Waals surface area contributed by atoms with Gasteiger partial charge in [0.15, 0.2) is 12.1 Å². The maximum Gasteiger partial charge on any atom is 0.152 e. The summed E-state index contributed by atoms with van der Waals surface area (Å²) in [6, 6.07) is 3.62. The van der Waals surface area contributed by atoms with Crippen molar-refractivity contribution in [2.45, 2.75) is 33.1 Å². The molecule has 90 valence electrons. The molecule has 0 fully saturated rings. The summed E-state index contributed by atoms with van der Waals surface area (Å²) in [6.45, 7) is 3.59. The molecule has 0 saturated carbocycles. The van der Waals surface area contributed by atoms with Crippen molar-refractivity contribution in [1.82, 2.24) is 4.98 Å². The highest BCUT2D eigenvalue weighted by atomic mass is 16.1. The molecule has 1 aromatic heterocycles. The van der Waals surface area contributed by atoms with Gasteiger partial charge in [-0.3, -0.25) is 14.6 Å². The Labute approximate surface area is 102 Å². The maximum absolute atomic E-state index is 10.9. The summed E-state index contributed by atoms with van der Waals surface area (Å²) < 4.78 is 0. The molecule has 17 heavy (non-hydrogen) atoms. The highest BCUT2D eigenvalue weighted by molar-refractivity contribution is 5.92. The predicted octanol–water partition coefficient (Wildman–Crippen LogP) is 2.84. The van der Waals surface area contributed by atoms with E-state index in [1.54, 1.807) is 12.1 Å². The van der Waals surface area contributed by atoms with E-state index >= 15 is 0 Å². The van der Waals surface area contributed by atoms with Crippen molar-refractivity contribution in [1.29, 1.82) is 0 Å². The Morgan fingerprint density at radius 1 is 1.41 bits per heavy atom. The van der Waals surface area contributed by atoms with E-state index in [1.807, 2.05) is 6.07 Å². The first-order valence-corrected chi connectivity index (χ1v) is 5.81. The van der Waals surface area contributed by atoms with E-state index in [2.05, 4.69) is 11.9 Å². The minimum atomic E-state index is -0.0531. The minimum Gasteiger partial charge on any atom is -0.298 e. The third kappa shape index (κ3) is 4.31. The minimum absolute atomic E-state index is 0.0531. The van der Waals surface area contributed by atoms with Crippen molar-refractivity contribution < 1.29 is 9.59 Å². The second kappa shape index (κ2) is 6.74. The molecular weight excluding hydrogens is 214 g/mol. The summed E-state index contributed by atoms with van der Waals surface area (Å²) in [4.78, 5) is 26.1. The Morgan fingerprint density at radius 3 is 2.76 bits per heavy atom. The van der Waals surface area contributed by atoms with Crippen LogP contribution in [0.1, 0.15) is 48.4 Å². The van der Waals surface area contributed by atoms with Gasteiger partial charge < -0.3 is 0 Å². The number of rotatable bonds is 6. The Balaban J connectivity index is 2.97. The molecule has 0 saturated heterocycles. The van der Waals surface area contributed by atoms with Crippen LogP contribution < -0.4 is 0 Å². The van der Waals surface area contributed by atoms with E-state index in [4.69, 9.17) is 0 Å². The van der Waals surface area contributed by atoms with Gasteiger partial charge in [0.1, 0.15) is 0 Å². The first-order valence-electron chi connectivity index (χ1n) is 5.81. The average Bonchev–Trinajstić information content (AvgIpc) is 2.33. The fourth-order valence-corrected chi connectivity index (χ4v) is 1.45. The van der Waals surface area contributed by atoms with Crippen LogP contribution in [0.4, 0.5) is 0 Å². The van der Waals surface area contributed by atoms with E-state index < -0.39 is 0 Å². The van der Waals surface area contributed by atoms with Crippen molar-refractivity contribution >= 4 is 18.1 Å². The lowest BCUT2D eigenvalue weighted by Crippen LogP contribution is -1.97. The molecule has 0 aliphatic carbocycles. The molecule has 3 heteroatoms. The molecule has 0 aromatic carbocycles. The summed E-state index contributed by atoms with van der Waals surface area (Å²) in [6.07, 6.45) is 6.87. The second-order valence-electron chi connectivity index (χ2n) is 3.94. The number of carbonyl (C=O) groups is 2. The van der Waals surface area contributed by atoms with Crippen LogP contribution in [-0.2, 0) is 11.2 Å². The van der Waals surface area contributed by atoms with Gasteiger partial charge >= 0.3 is 0 Å². The first-order chi connectivity index (χ1) is 8.17. The van der Waals surface area contributed by atoms with Gasteiger partial charge in [0.05, 0.1) is 5.69 Å². The SMILES string of the molecule is CCCCc1ccc(C=O)c(/C=C/C(C)=O)n1. The molecule has 1 heterocycles. The Kier molecular flexibility index (Phi) is 5.27. The number of pyridine rings is 1. The highest BCUT2D eigenvalue weighted by Gasteiger charge is 2.02. The number of hydrogen-bond acceptors (Lipinski definition) is 3. The number of hydrogen-bond donors (Lipinski definition) is 0. The van der Waals surface area contributed by atoms with Crippen molar-refractivity contribution in [3.63, 3.8) is 0 Å². The lowest BCUT2D eigenvalue weighted by atomic mass is 10.1. The largest absolute Gasteiger partial charge is 0.298 e. The van der Waals surface area contributed by atoms with Crippen molar-refractivity contribution in [3.8, 4) is 0 Å². The molecule has 3 nitrogen and oxygen atoms in total. The molecular formula is C14H17NO2. The number of nitrogens with zero attached hydrogens (tertiary/aromatic N) is 1. The Morgan fingerprint density at radius 2 is 2.18 bits per heavy atom. The molecule has 0 atom stereocenters. The normalized spacial score (nSPS) is 10.7. The van der Waals surface area contributed by atoms with Crippen LogP contribution in [-0.4, -0.2) is 17.1 Å². The number of allylic oxidation sites excluding steroid dienone is 1. The Bertz CT molecular complexity index is 436. The molecule has 0 spiro atoms. The molecule has 1 rings (SSSR count). The molecule has 0 amide bonds. The highest BCUT2D eigenvalue weighted by Crippen LogP contribution is 2.10. The second-order valence-corrected chi connectivity index (χ2v) is 3.94. The number of carbonyl (C=O) groups excluding carboxylic acids is 2. The van der Waals surface area contributed by atoms with Gasteiger partial charge in [-0.2, -0.15) is 0 Å². The van der Waals surface area contributed by atoms with Crippen LogP contribution in [0.2, 0.25) is 0 Å². The summed E-state index contributed by atoms with van der Waals surface area (Å²) in [5.41, 5.74) is 2.05. The van der Waals surface area contributed by atoms with Crippen LogP contribution >= 0.6 is 0 Å². The van der Waals surface area contributed by atoms with E-state index in [9.17, 15) is 9.59 Å². The third-order valence-corrected chi connectivity index (χ3v) is 2.40. The lowest BCUT2D eigenvalue weighted by Gasteiger charge is -2.03. The molecule has 0 radical (unpaired) electrons. The van der Waals surface area contributed by atoms with Crippen LogP contribution in [0.5, 0.6) is 0 Å². The molecule has 1 aromatic rings. The smallest absolute Gasteiger partial charge is 0.152 e. The van der Waals surface area contributed by atoms with Gasteiger partial charge in [0.2, 0.25) is 0 Å². The van der Waals surface area contributed by atoms with Gasteiger partial charge in [0.25, 0.3) is 0 Å².